The normalized spacial score (nSPS) is 13.4. The van der Waals surface area contributed by atoms with Gasteiger partial charge in [0.25, 0.3) is 5.91 Å². The lowest BCUT2D eigenvalue weighted by Gasteiger charge is -2.10. The van der Waals surface area contributed by atoms with Crippen molar-refractivity contribution in [1.82, 2.24) is 15.0 Å². The molecule has 1 amide bonds. The summed E-state index contributed by atoms with van der Waals surface area (Å²) in [6.45, 7) is 0. The molecule has 11 heteroatoms. The average Bonchev–Trinajstić information content (AvgIpc) is 3.23. The monoisotopic (exact) mass is 426 g/mol. The molecule has 5 nitrogen and oxygen atoms in total. The highest BCUT2D eigenvalue weighted by Gasteiger charge is 2.39. The topological polar surface area (TPSA) is 67.8 Å². The fraction of sp³-hybridized carbons (Fsp3) is 0.222. The average molecular weight is 426 g/mol. The van der Waals surface area contributed by atoms with Crippen molar-refractivity contribution in [1.29, 1.82) is 0 Å². The van der Waals surface area contributed by atoms with Crippen molar-refractivity contribution in [2.24, 2.45) is 0 Å². The van der Waals surface area contributed by atoms with E-state index in [4.69, 9.17) is 0 Å². The highest BCUT2D eigenvalue weighted by molar-refractivity contribution is 7.12. The summed E-state index contributed by atoms with van der Waals surface area (Å²) in [4.78, 5) is 23.2. The number of hydrogen-bond donors (Lipinski definition) is 1. The van der Waals surface area contributed by atoms with E-state index >= 15 is 0 Å². The molecular formula is C18H11F5N4OS. The van der Waals surface area contributed by atoms with Crippen LogP contribution >= 0.6 is 11.3 Å². The summed E-state index contributed by atoms with van der Waals surface area (Å²) < 4.78 is 67.6. The Labute approximate surface area is 164 Å². The van der Waals surface area contributed by atoms with Crippen molar-refractivity contribution >= 4 is 23.1 Å². The van der Waals surface area contributed by atoms with E-state index < -0.39 is 34.2 Å². The molecule has 1 aliphatic carbocycles. The lowest BCUT2D eigenvalue weighted by atomic mass is 10.1. The Kier molecular flexibility index (Phi) is 4.77. The second-order valence-electron chi connectivity index (χ2n) is 6.28. The van der Waals surface area contributed by atoms with Crippen LogP contribution < -0.4 is 5.32 Å². The third-order valence-electron chi connectivity index (χ3n) is 4.41. The summed E-state index contributed by atoms with van der Waals surface area (Å²) in [5, 5.41) is 2.17. The maximum absolute atomic E-state index is 13.6. The molecule has 0 saturated heterocycles. The summed E-state index contributed by atoms with van der Waals surface area (Å²) in [5.74, 6) is -3.59. The van der Waals surface area contributed by atoms with Crippen molar-refractivity contribution in [3.05, 3.63) is 57.3 Å². The Morgan fingerprint density at radius 1 is 1.03 bits per heavy atom. The molecule has 4 rings (SSSR count). The summed E-state index contributed by atoms with van der Waals surface area (Å²) in [5.41, 5.74) is -0.196. The number of aromatic nitrogens is 3. The number of carbonyl (C=O) groups is 1. The Morgan fingerprint density at radius 3 is 2.38 bits per heavy atom. The summed E-state index contributed by atoms with van der Waals surface area (Å²) in [7, 11) is 0. The lowest BCUT2D eigenvalue weighted by molar-refractivity contribution is -0.133. The molecule has 0 radical (unpaired) electrons. The van der Waals surface area contributed by atoms with Gasteiger partial charge in [-0.1, -0.05) is 0 Å². The number of fused-ring (bicyclic) bond motifs is 1. The van der Waals surface area contributed by atoms with Crippen LogP contribution in [0, 0.1) is 11.6 Å². The zero-order chi connectivity index (χ0) is 20.8. The molecule has 1 aliphatic rings. The number of amides is 1. The summed E-state index contributed by atoms with van der Waals surface area (Å²) in [6, 6.07) is 0. The van der Waals surface area contributed by atoms with Crippen LogP contribution in [-0.2, 0) is 19.0 Å². The fourth-order valence-electron chi connectivity index (χ4n) is 3.20. The van der Waals surface area contributed by atoms with Crippen LogP contribution in [0.15, 0.2) is 24.8 Å². The van der Waals surface area contributed by atoms with E-state index in [-0.39, 0.29) is 17.1 Å². The number of halogens is 5. The maximum atomic E-state index is 13.6. The minimum atomic E-state index is -4.52. The van der Waals surface area contributed by atoms with Gasteiger partial charge in [0.15, 0.2) is 17.5 Å². The van der Waals surface area contributed by atoms with Crippen LogP contribution in [0.2, 0.25) is 0 Å². The first-order valence-electron chi connectivity index (χ1n) is 8.40. The van der Waals surface area contributed by atoms with Gasteiger partial charge in [0.05, 0.1) is 30.5 Å². The molecule has 29 heavy (non-hydrogen) atoms. The molecule has 3 aromatic rings. The van der Waals surface area contributed by atoms with Gasteiger partial charge in [-0.25, -0.2) is 13.8 Å². The zero-order valence-electron chi connectivity index (χ0n) is 14.5. The third kappa shape index (κ3) is 3.57. The van der Waals surface area contributed by atoms with Gasteiger partial charge in [-0.15, -0.1) is 11.3 Å². The van der Waals surface area contributed by atoms with Gasteiger partial charge in [-0.2, -0.15) is 13.2 Å². The van der Waals surface area contributed by atoms with Gasteiger partial charge >= 0.3 is 6.18 Å². The maximum Gasteiger partial charge on any atom is 0.426 e. The van der Waals surface area contributed by atoms with Crippen LogP contribution in [0.3, 0.4) is 0 Å². The van der Waals surface area contributed by atoms with Crippen LogP contribution in [-0.4, -0.2) is 20.9 Å². The Balaban J connectivity index is 1.64. The molecule has 0 unspecified atom stereocenters. The van der Waals surface area contributed by atoms with E-state index in [9.17, 15) is 26.7 Å². The van der Waals surface area contributed by atoms with Crippen LogP contribution in [0.4, 0.5) is 27.8 Å². The number of nitrogens with one attached hydrogen (secondary N) is 1. The molecule has 150 valence electrons. The molecule has 3 heterocycles. The lowest BCUT2D eigenvalue weighted by Crippen LogP contribution is -2.17. The van der Waals surface area contributed by atoms with Crippen molar-refractivity contribution in [2.45, 2.75) is 25.4 Å². The molecule has 0 aromatic carbocycles. The Bertz CT molecular complexity index is 1070. The quantitative estimate of drug-likeness (QED) is 0.620. The molecule has 1 N–H and O–H groups in total. The molecule has 0 spiro atoms. The third-order valence-corrected chi connectivity index (χ3v) is 5.75. The van der Waals surface area contributed by atoms with E-state index in [0.29, 0.717) is 47.0 Å². The highest BCUT2D eigenvalue weighted by atomic mass is 32.1. The molecular weight excluding hydrogens is 415 g/mol. The van der Waals surface area contributed by atoms with Gasteiger partial charge in [0, 0.05) is 10.4 Å². The first kappa shape index (κ1) is 19.4. The SMILES string of the molecule is O=C(Nc1cnc(-c2c(C(F)(F)F)sc3c2CCC3)cn1)c1c(F)cncc1F. The molecule has 0 bridgehead atoms. The van der Waals surface area contributed by atoms with Gasteiger partial charge in [0.2, 0.25) is 0 Å². The van der Waals surface area contributed by atoms with Crippen LogP contribution in [0.5, 0.6) is 0 Å². The second kappa shape index (κ2) is 7.14. The molecule has 0 saturated carbocycles. The number of rotatable bonds is 3. The van der Waals surface area contributed by atoms with Crippen molar-refractivity contribution in [2.75, 3.05) is 5.32 Å². The summed E-state index contributed by atoms with van der Waals surface area (Å²) in [6.07, 6.45) is 0.886. The zero-order valence-corrected chi connectivity index (χ0v) is 15.3. The first-order chi connectivity index (χ1) is 13.8. The van der Waals surface area contributed by atoms with Gasteiger partial charge < -0.3 is 5.32 Å². The van der Waals surface area contributed by atoms with E-state index in [1.807, 2.05) is 0 Å². The number of hydrogen-bond acceptors (Lipinski definition) is 5. The predicted molar refractivity (Wildman–Crippen MR) is 94.5 cm³/mol. The van der Waals surface area contributed by atoms with Gasteiger partial charge in [-0.3, -0.25) is 14.8 Å². The Morgan fingerprint density at radius 2 is 1.76 bits per heavy atom. The fourth-order valence-corrected chi connectivity index (χ4v) is 4.47. The van der Waals surface area contributed by atoms with Crippen molar-refractivity contribution in [3.63, 3.8) is 0 Å². The minimum absolute atomic E-state index is 0.00611. The van der Waals surface area contributed by atoms with E-state index in [1.165, 1.54) is 0 Å². The molecule has 0 fully saturated rings. The molecule has 0 atom stereocenters. The largest absolute Gasteiger partial charge is 0.426 e. The number of nitrogens with zero attached hydrogens (tertiary/aromatic N) is 3. The van der Waals surface area contributed by atoms with Gasteiger partial charge in [0.1, 0.15) is 10.4 Å². The van der Waals surface area contributed by atoms with Crippen molar-refractivity contribution in [3.8, 4) is 11.3 Å². The highest BCUT2D eigenvalue weighted by Crippen LogP contribution is 2.47. The van der Waals surface area contributed by atoms with Crippen LogP contribution in [0.1, 0.15) is 32.1 Å². The van der Waals surface area contributed by atoms with Crippen LogP contribution in [0.25, 0.3) is 11.3 Å². The number of alkyl halides is 3. The predicted octanol–water partition coefficient (Wildman–Crippen LogP) is 4.64. The molecule has 3 aromatic heterocycles. The van der Waals surface area contributed by atoms with E-state index in [0.717, 1.165) is 18.8 Å². The second-order valence-corrected chi connectivity index (χ2v) is 7.38. The first-order valence-corrected chi connectivity index (χ1v) is 9.22. The minimum Gasteiger partial charge on any atom is -0.305 e. The van der Waals surface area contributed by atoms with E-state index in [1.54, 1.807) is 0 Å². The number of anilines is 1. The molecule has 0 aliphatic heterocycles. The number of aryl methyl sites for hydroxylation is 1. The smallest absolute Gasteiger partial charge is 0.305 e. The number of pyridine rings is 1. The number of carbonyl (C=O) groups excluding carboxylic acids is 1. The summed E-state index contributed by atoms with van der Waals surface area (Å²) >= 11 is 0.714. The number of thiophene rings is 1. The Hall–Kier alpha value is -2.95. The van der Waals surface area contributed by atoms with E-state index in [2.05, 4.69) is 20.3 Å². The van der Waals surface area contributed by atoms with Crippen molar-refractivity contribution < 1.29 is 26.7 Å². The van der Waals surface area contributed by atoms with Gasteiger partial charge in [-0.05, 0) is 24.8 Å². The standard InChI is InChI=1S/C18H11F5N4OS/c19-9-4-24-5-10(20)15(9)17(28)27-13-7-25-11(6-26-13)14-8-2-1-3-12(8)29-16(14)18(21,22)23/h4-7H,1-3H2,(H,26,27,28).